The Balaban J connectivity index is 1.27. The van der Waals surface area contributed by atoms with Crippen molar-refractivity contribution < 1.29 is 4.79 Å². The van der Waals surface area contributed by atoms with Crippen molar-refractivity contribution in [1.29, 1.82) is 0 Å². The van der Waals surface area contributed by atoms with Crippen molar-refractivity contribution in [3.05, 3.63) is 41.0 Å². The molecule has 0 atom stereocenters. The molecule has 162 valence electrons. The monoisotopic (exact) mass is 437 g/mol. The number of thiophene rings is 1. The van der Waals surface area contributed by atoms with Crippen LogP contribution in [0, 0.1) is 6.92 Å². The number of anilines is 2. The van der Waals surface area contributed by atoms with Gasteiger partial charge in [0.05, 0.1) is 4.88 Å². The first-order chi connectivity index (χ1) is 15.1. The highest BCUT2D eigenvalue weighted by Crippen LogP contribution is 2.25. The summed E-state index contributed by atoms with van der Waals surface area (Å²) in [6.45, 7) is 6.91. The van der Waals surface area contributed by atoms with E-state index in [-0.39, 0.29) is 5.91 Å². The van der Waals surface area contributed by atoms with Crippen LogP contribution < -0.4 is 9.80 Å². The molecular formula is C22H27N7OS. The second-order valence-electron chi connectivity index (χ2n) is 8.16. The Hall–Kier alpha value is -2.94. The highest BCUT2D eigenvalue weighted by molar-refractivity contribution is 7.13. The van der Waals surface area contributed by atoms with E-state index >= 15 is 0 Å². The number of hydrogen-bond acceptors (Lipinski definition) is 7. The topological polar surface area (TPSA) is 70.4 Å². The van der Waals surface area contributed by atoms with Gasteiger partial charge in [0.1, 0.15) is 17.2 Å². The number of rotatable bonds is 4. The molecule has 5 rings (SSSR count). The Labute approximate surface area is 186 Å². The van der Waals surface area contributed by atoms with E-state index in [0.717, 1.165) is 54.2 Å². The van der Waals surface area contributed by atoms with Crippen LogP contribution in [0.2, 0.25) is 0 Å². The first-order valence-corrected chi connectivity index (χ1v) is 11.7. The zero-order valence-electron chi connectivity index (χ0n) is 18.0. The van der Waals surface area contributed by atoms with Gasteiger partial charge in [0.25, 0.3) is 5.91 Å². The maximum atomic E-state index is 13.1. The predicted molar refractivity (Wildman–Crippen MR) is 123 cm³/mol. The van der Waals surface area contributed by atoms with Crippen molar-refractivity contribution >= 4 is 29.0 Å². The molecule has 0 saturated carbocycles. The lowest BCUT2D eigenvalue weighted by atomic mass is 10.2. The molecule has 2 aliphatic heterocycles. The van der Waals surface area contributed by atoms with Gasteiger partial charge < -0.3 is 14.7 Å². The first-order valence-electron chi connectivity index (χ1n) is 10.8. The van der Waals surface area contributed by atoms with Crippen LogP contribution in [0.4, 0.5) is 11.8 Å². The minimum Gasteiger partial charge on any atom is -0.356 e. The molecule has 9 heteroatoms. The summed E-state index contributed by atoms with van der Waals surface area (Å²) in [6.07, 6.45) is 2.45. The summed E-state index contributed by atoms with van der Waals surface area (Å²) in [7, 11) is 1.83. The van der Waals surface area contributed by atoms with Gasteiger partial charge in [-0.1, -0.05) is 6.07 Å². The number of carbonyl (C=O) groups is 1. The largest absolute Gasteiger partial charge is 0.356 e. The Morgan fingerprint density at radius 3 is 2.48 bits per heavy atom. The van der Waals surface area contributed by atoms with Gasteiger partial charge in [0, 0.05) is 58.1 Å². The highest BCUT2D eigenvalue weighted by Gasteiger charge is 2.27. The van der Waals surface area contributed by atoms with E-state index in [9.17, 15) is 4.79 Å². The molecule has 0 bridgehead atoms. The lowest BCUT2D eigenvalue weighted by molar-refractivity contribution is 0.0735. The van der Waals surface area contributed by atoms with Gasteiger partial charge in [-0.25, -0.2) is 4.98 Å². The highest BCUT2D eigenvalue weighted by atomic mass is 32.1. The number of nitrogens with zero attached hydrogens (tertiary/aromatic N) is 7. The van der Waals surface area contributed by atoms with E-state index < -0.39 is 0 Å². The minimum atomic E-state index is 0.0281. The van der Waals surface area contributed by atoms with E-state index in [1.807, 2.05) is 42.5 Å². The minimum absolute atomic E-state index is 0.0281. The smallest absolute Gasteiger partial charge is 0.272 e. The summed E-state index contributed by atoms with van der Waals surface area (Å²) in [5, 5.41) is 6.55. The van der Waals surface area contributed by atoms with Crippen molar-refractivity contribution in [2.45, 2.75) is 19.8 Å². The molecule has 3 aromatic heterocycles. The third kappa shape index (κ3) is 4.01. The molecule has 31 heavy (non-hydrogen) atoms. The van der Waals surface area contributed by atoms with E-state index in [1.54, 1.807) is 16.0 Å². The van der Waals surface area contributed by atoms with Gasteiger partial charge in [0.15, 0.2) is 0 Å². The molecule has 8 nitrogen and oxygen atoms in total. The molecule has 2 saturated heterocycles. The number of aromatic nitrogens is 4. The third-order valence-electron chi connectivity index (χ3n) is 5.98. The summed E-state index contributed by atoms with van der Waals surface area (Å²) < 4.78 is 1.69. The van der Waals surface area contributed by atoms with E-state index in [4.69, 9.17) is 4.98 Å². The van der Waals surface area contributed by atoms with Gasteiger partial charge >= 0.3 is 0 Å². The van der Waals surface area contributed by atoms with Gasteiger partial charge in [0.2, 0.25) is 5.95 Å². The zero-order chi connectivity index (χ0) is 21.4. The predicted octanol–water partition coefficient (Wildman–Crippen LogP) is 2.81. The molecule has 2 aliphatic rings. The molecule has 0 N–H and O–H groups in total. The number of amides is 1. The fraction of sp³-hybridized carbons (Fsp3) is 0.455. The van der Waals surface area contributed by atoms with Crippen LogP contribution in [-0.4, -0.2) is 69.8 Å². The molecule has 0 unspecified atom stereocenters. The normalized spacial score (nSPS) is 16.9. The van der Waals surface area contributed by atoms with Gasteiger partial charge in [-0.05, 0) is 37.3 Å². The fourth-order valence-corrected chi connectivity index (χ4v) is 4.95. The molecule has 3 aromatic rings. The van der Waals surface area contributed by atoms with Crippen molar-refractivity contribution in [2.24, 2.45) is 7.05 Å². The number of piperazine rings is 1. The Kier molecular flexibility index (Phi) is 5.35. The van der Waals surface area contributed by atoms with E-state index in [0.29, 0.717) is 18.8 Å². The lowest BCUT2D eigenvalue weighted by Gasteiger charge is -2.35. The number of aryl methyl sites for hydroxylation is 2. The average Bonchev–Trinajstić information content (AvgIpc) is 3.54. The van der Waals surface area contributed by atoms with Crippen LogP contribution in [0.25, 0.3) is 10.6 Å². The third-order valence-corrected chi connectivity index (χ3v) is 6.87. The molecule has 0 radical (unpaired) electrons. The van der Waals surface area contributed by atoms with E-state index in [2.05, 4.69) is 25.9 Å². The van der Waals surface area contributed by atoms with Crippen molar-refractivity contribution in [3.8, 4) is 10.6 Å². The average molecular weight is 438 g/mol. The summed E-state index contributed by atoms with van der Waals surface area (Å²) in [5.74, 6) is 1.82. The lowest BCUT2D eigenvalue weighted by Crippen LogP contribution is -2.49. The number of hydrogen-bond donors (Lipinski definition) is 0. The van der Waals surface area contributed by atoms with Crippen LogP contribution in [0.5, 0.6) is 0 Å². The van der Waals surface area contributed by atoms with Crippen LogP contribution in [0.3, 0.4) is 0 Å². The van der Waals surface area contributed by atoms with Gasteiger partial charge in [-0.15, -0.1) is 11.3 Å². The SMILES string of the molecule is Cc1cc(N2CCCC2)nc(N2CCN(C(=O)c3cc(-c4cccs4)nn3C)CC2)n1. The maximum absolute atomic E-state index is 13.1. The number of carbonyl (C=O) groups excluding carboxylic acids is 1. The summed E-state index contributed by atoms with van der Waals surface area (Å²) in [4.78, 5) is 30.2. The second-order valence-corrected chi connectivity index (χ2v) is 9.10. The molecular weight excluding hydrogens is 410 g/mol. The van der Waals surface area contributed by atoms with Crippen LogP contribution in [0.1, 0.15) is 29.0 Å². The van der Waals surface area contributed by atoms with Crippen LogP contribution in [0.15, 0.2) is 29.6 Å². The van der Waals surface area contributed by atoms with Gasteiger partial charge in [-0.2, -0.15) is 10.1 Å². The molecule has 0 aromatic carbocycles. The molecule has 1 amide bonds. The van der Waals surface area contributed by atoms with Crippen molar-refractivity contribution in [1.82, 2.24) is 24.6 Å². The van der Waals surface area contributed by atoms with Crippen LogP contribution >= 0.6 is 11.3 Å². The maximum Gasteiger partial charge on any atom is 0.272 e. The summed E-state index contributed by atoms with van der Waals surface area (Å²) in [5.41, 5.74) is 2.46. The first kappa shape index (κ1) is 20.0. The molecule has 0 spiro atoms. The quantitative estimate of drug-likeness (QED) is 0.625. The van der Waals surface area contributed by atoms with Crippen molar-refractivity contribution in [3.63, 3.8) is 0 Å². The standard InChI is InChI=1S/C22H27N7OS/c1-16-14-20(27-7-3-4-8-27)24-22(23-16)29-11-9-28(10-12-29)21(30)18-15-17(25-26(18)2)19-6-5-13-31-19/h5-6,13-15H,3-4,7-12H2,1-2H3. The Morgan fingerprint density at radius 2 is 1.77 bits per heavy atom. The fourth-order valence-electron chi connectivity index (χ4n) is 4.27. The van der Waals surface area contributed by atoms with Crippen molar-refractivity contribution in [2.75, 3.05) is 49.1 Å². The molecule has 0 aliphatic carbocycles. The van der Waals surface area contributed by atoms with Crippen LogP contribution in [-0.2, 0) is 7.05 Å². The zero-order valence-corrected chi connectivity index (χ0v) is 18.8. The van der Waals surface area contributed by atoms with E-state index in [1.165, 1.54) is 12.8 Å². The molecule has 2 fully saturated rings. The second kappa shape index (κ2) is 8.30. The Bertz CT molecular complexity index is 1060. The summed E-state index contributed by atoms with van der Waals surface area (Å²) in [6, 6.07) is 7.99. The van der Waals surface area contributed by atoms with Gasteiger partial charge in [-0.3, -0.25) is 9.48 Å². The molecule has 5 heterocycles. The summed E-state index contributed by atoms with van der Waals surface area (Å²) >= 11 is 1.63. The Morgan fingerprint density at radius 1 is 1.00 bits per heavy atom.